The van der Waals surface area contributed by atoms with Crippen LogP contribution in [0, 0.1) is 11.7 Å². The van der Waals surface area contributed by atoms with Gasteiger partial charge in [0.15, 0.2) is 0 Å². The van der Waals surface area contributed by atoms with Gasteiger partial charge in [0.05, 0.1) is 17.5 Å². The van der Waals surface area contributed by atoms with Crippen LogP contribution in [0.15, 0.2) is 84.9 Å². The van der Waals surface area contributed by atoms with Crippen molar-refractivity contribution in [2.45, 2.75) is 31.0 Å². The Kier molecular flexibility index (Phi) is 7.92. The summed E-state index contributed by atoms with van der Waals surface area (Å²) in [5, 5.41) is 12.3. The molecule has 4 atom stereocenters. The molecular weight excluding hydrogens is 646 g/mol. The van der Waals surface area contributed by atoms with Crippen molar-refractivity contribution >= 4 is 52.3 Å². The maximum Gasteiger partial charge on any atom is 0.274 e. The lowest BCUT2D eigenvalue weighted by Gasteiger charge is -2.41. The smallest absolute Gasteiger partial charge is 0.274 e. The van der Waals surface area contributed by atoms with Gasteiger partial charge in [0, 0.05) is 52.6 Å². The highest BCUT2D eigenvalue weighted by atomic mass is 35.5. The van der Waals surface area contributed by atoms with Crippen LogP contribution in [0.2, 0.25) is 10.0 Å². The second kappa shape index (κ2) is 12.0. The molecule has 47 heavy (non-hydrogen) atoms. The predicted molar refractivity (Wildman–Crippen MR) is 174 cm³/mol. The monoisotopic (exact) mass is 674 g/mol. The molecule has 0 saturated carbocycles. The van der Waals surface area contributed by atoms with Crippen molar-refractivity contribution in [2.24, 2.45) is 5.92 Å². The molecule has 2 fully saturated rings. The highest BCUT2D eigenvalue weighted by Gasteiger charge is 2.71. The lowest BCUT2D eigenvalue weighted by Crippen LogP contribution is -2.53. The van der Waals surface area contributed by atoms with Gasteiger partial charge < -0.3 is 15.0 Å². The topological polar surface area (TPSA) is 111 Å². The van der Waals surface area contributed by atoms with E-state index in [1.807, 2.05) is 36.1 Å². The Labute approximate surface area is 279 Å². The lowest BCUT2D eigenvalue weighted by atomic mass is 9.71. The summed E-state index contributed by atoms with van der Waals surface area (Å²) in [6.45, 7) is 2.77. The molecule has 7 rings (SSSR count). The van der Waals surface area contributed by atoms with E-state index in [1.165, 1.54) is 18.2 Å². The summed E-state index contributed by atoms with van der Waals surface area (Å²) in [5.74, 6) is -3.28. The van der Waals surface area contributed by atoms with Crippen molar-refractivity contribution in [1.29, 1.82) is 0 Å². The van der Waals surface area contributed by atoms with E-state index in [4.69, 9.17) is 33.1 Å². The van der Waals surface area contributed by atoms with Crippen molar-refractivity contribution in [3.63, 3.8) is 0 Å². The molecule has 0 aromatic heterocycles. The second-order valence-electron chi connectivity index (χ2n) is 11.8. The summed E-state index contributed by atoms with van der Waals surface area (Å²) in [4.78, 5) is 44.8. The average molecular weight is 676 g/mol. The normalized spacial score (nSPS) is 23.2. The Hall–Kier alpha value is -4.48. The van der Waals surface area contributed by atoms with Crippen LogP contribution in [-0.4, -0.2) is 47.0 Å². The Morgan fingerprint density at radius 3 is 2.57 bits per heavy atom. The maximum absolute atomic E-state index is 16.2. The summed E-state index contributed by atoms with van der Waals surface area (Å²) >= 11 is 12.7. The Bertz CT molecular complexity index is 1920. The molecule has 9 nitrogen and oxygen atoms in total. The molecule has 0 unspecified atom stereocenters. The third-order valence-corrected chi connectivity index (χ3v) is 9.93. The van der Waals surface area contributed by atoms with Crippen LogP contribution in [0.25, 0.3) is 0 Å². The number of carbonyl (C=O) groups is 3. The zero-order valence-electron chi connectivity index (χ0n) is 25.0. The van der Waals surface area contributed by atoms with Crippen molar-refractivity contribution in [1.82, 2.24) is 10.4 Å². The number of fused-ring (bicyclic) bond motifs is 3. The maximum atomic E-state index is 16.2. The van der Waals surface area contributed by atoms with E-state index in [9.17, 15) is 14.4 Å². The van der Waals surface area contributed by atoms with Gasteiger partial charge in [-0.15, -0.1) is 0 Å². The molecule has 1 spiro atoms. The van der Waals surface area contributed by atoms with E-state index in [1.54, 1.807) is 52.8 Å². The van der Waals surface area contributed by atoms with Crippen LogP contribution in [0.4, 0.5) is 15.8 Å². The Morgan fingerprint density at radius 2 is 1.83 bits per heavy atom. The number of amides is 3. The number of nitrogens with zero attached hydrogens (tertiary/aromatic N) is 2. The lowest BCUT2D eigenvalue weighted by molar-refractivity contribution is -0.128. The molecule has 3 heterocycles. The third-order valence-electron chi connectivity index (χ3n) is 9.41. The number of rotatable bonds is 7. The largest absolute Gasteiger partial charge is 0.494 e. The number of hydroxylamine groups is 1. The van der Waals surface area contributed by atoms with Gasteiger partial charge in [-0.3, -0.25) is 24.5 Å². The Balaban J connectivity index is 1.43. The van der Waals surface area contributed by atoms with Gasteiger partial charge in [-0.05, 0) is 72.6 Å². The number of likely N-dealkylation sites (tertiary alicyclic amines) is 1. The van der Waals surface area contributed by atoms with Gasteiger partial charge in [-0.25, -0.2) is 9.87 Å². The fourth-order valence-corrected chi connectivity index (χ4v) is 7.94. The first-order valence-electron chi connectivity index (χ1n) is 15.1. The number of hydrogen-bond acceptors (Lipinski definition) is 6. The van der Waals surface area contributed by atoms with E-state index in [0.717, 1.165) is 5.56 Å². The van der Waals surface area contributed by atoms with Crippen LogP contribution in [0.3, 0.4) is 0 Å². The Morgan fingerprint density at radius 1 is 1.06 bits per heavy atom. The van der Waals surface area contributed by atoms with Gasteiger partial charge >= 0.3 is 0 Å². The molecule has 0 aliphatic carbocycles. The number of ether oxygens (including phenoxy) is 1. The molecule has 3 aliphatic heterocycles. The van der Waals surface area contributed by atoms with Gasteiger partial charge in [-0.1, -0.05) is 53.5 Å². The minimum atomic E-state index is -1.51. The first-order valence-corrected chi connectivity index (χ1v) is 15.8. The van der Waals surface area contributed by atoms with E-state index in [-0.39, 0.29) is 35.1 Å². The van der Waals surface area contributed by atoms with Crippen LogP contribution in [-0.2, 0) is 21.7 Å². The van der Waals surface area contributed by atoms with Crippen molar-refractivity contribution < 1.29 is 28.7 Å². The zero-order chi connectivity index (χ0) is 33.0. The van der Waals surface area contributed by atoms with Crippen molar-refractivity contribution in [3.8, 4) is 5.75 Å². The summed E-state index contributed by atoms with van der Waals surface area (Å²) in [5.41, 5.74) is 2.88. The molecule has 12 heteroatoms. The van der Waals surface area contributed by atoms with Crippen molar-refractivity contribution in [2.75, 3.05) is 23.4 Å². The SMILES string of the molecule is CCOc1cccc(CN2[C@H]3CN(c4ccc(C(=O)NO)cc4)C(=O)[C@H]3[C@H](c3cccc(Cl)c3F)[C@]23C(=O)Nc2cc(Cl)ccc23)c1. The van der Waals surface area contributed by atoms with Crippen molar-refractivity contribution in [3.05, 3.63) is 123 Å². The fraction of sp³-hybridized carbons (Fsp3) is 0.229. The van der Waals surface area contributed by atoms with E-state index in [0.29, 0.717) is 34.3 Å². The summed E-state index contributed by atoms with van der Waals surface area (Å²) in [7, 11) is 0. The molecule has 4 aromatic carbocycles. The molecule has 4 aromatic rings. The number of anilines is 2. The number of hydrogen-bond donors (Lipinski definition) is 3. The second-order valence-corrected chi connectivity index (χ2v) is 12.6. The molecule has 0 bridgehead atoms. The highest BCUT2D eigenvalue weighted by Crippen LogP contribution is 2.62. The van der Waals surface area contributed by atoms with Crippen LogP contribution in [0.1, 0.15) is 39.9 Å². The summed E-state index contributed by atoms with van der Waals surface area (Å²) in [6.07, 6.45) is 0. The van der Waals surface area contributed by atoms with Gasteiger partial charge in [0.1, 0.15) is 17.1 Å². The van der Waals surface area contributed by atoms with Gasteiger partial charge in [-0.2, -0.15) is 0 Å². The molecular formula is C35H29Cl2FN4O5. The van der Waals surface area contributed by atoms with E-state index < -0.39 is 41.0 Å². The minimum absolute atomic E-state index is 0.119. The number of carbonyl (C=O) groups excluding carboxylic acids is 3. The zero-order valence-corrected chi connectivity index (χ0v) is 26.6. The molecule has 2 saturated heterocycles. The first-order chi connectivity index (χ1) is 22.7. The van der Waals surface area contributed by atoms with Crippen LogP contribution < -0.4 is 20.4 Å². The third kappa shape index (κ3) is 4.86. The van der Waals surface area contributed by atoms with Crippen LogP contribution in [0.5, 0.6) is 5.75 Å². The van der Waals surface area contributed by atoms with Gasteiger partial charge in [0.2, 0.25) is 11.8 Å². The molecule has 240 valence electrons. The van der Waals surface area contributed by atoms with Gasteiger partial charge in [0.25, 0.3) is 5.91 Å². The van der Waals surface area contributed by atoms with E-state index >= 15 is 4.39 Å². The minimum Gasteiger partial charge on any atom is -0.494 e. The quantitative estimate of drug-likeness (QED) is 0.161. The number of halogens is 3. The van der Waals surface area contributed by atoms with Crippen LogP contribution >= 0.6 is 23.2 Å². The number of benzene rings is 4. The predicted octanol–water partition coefficient (Wildman–Crippen LogP) is 6.13. The summed E-state index contributed by atoms with van der Waals surface area (Å²) < 4.78 is 22.0. The first kappa shape index (κ1) is 31.1. The number of nitrogens with one attached hydrogen (secondary N) is 2. The molecule has 3 N–H and O–H groups in total. The average Bonchev–Trinajstić information content (AvgIpc) is 3.65. The molecule has 0 radical (unpaired) electrons. The summed E-state index contributed by atoms with van der Waals surface area (Å²) in [6, 6.07) is 23.0. The highest BCUT2D eigenvalue weighted by molar-refractivity contribution is 6.31. The molecule has 3 aliphatic rings. The van der Waals surface area contributed by atoms with E-state index in [2.05, 4.69) is 5.32 Å². The fourth-order valence-electron chi connectivity index (χ4n) is 7.59. The molecule has 3 amide bonds. The standard InChI is InChI=1S/C35H29Cl2FN4O5/c1-2-47-23-6-3-5-19(15-23)17-42-28-18-41(22-12-9-20(10-13-22)32(43)40-46)33(44)29(28)30(24-7-4-8-26(37)31(24)38)35(42)25-14-11-21(36)16-27(25)39-34(35)45/h3-16,28-30,46H,2,17-18H2,1H3,(H,39,45)(H,40,43)/t28-,29+,30-,35+/m0/s1.